The number of benzene rings is 1. The van der Waals surface area contributed by atoms with Crippen molar-refractivity contribution in [3.63, 3.8) is 0 Å². The number of rotatable bonds is 5. The van der Waals surface area contributed by atoms with E-state index in [4.69, 9.17) is 10.1 Å². The van der Waals surface area contributed by atoms with Crippen LogP contribution in [-0.4, -0.2) is 36.4 Å². The quantitative estimate of drug-likeness (QED) is 0.774. The van der Waals surface area contributed by atoms with Crippen molar-refractivity contribution >= 4 is 0 Å². The van der Waals surface area contributed by atoms with Gasteiger partial charge < -0.3 is 5.11 Å². The van der Waals surface area contributed by atoms with Crippen LogP contribution in [0.25, 0.3) is 11.4 Å². The van der Waals surface area contributed by atoms with E-state index in [1.165, 1.54) is 11.1 Å². The number of fused-ring (bicyclic) bond motifs is 1. The van der Waals surface area contributed by atoms with Gasteiger partial charge in [-0.2, -0.15) is 5.10 Å². The van der Waals surface area contributed by atoms with E-state index in [-0.39, 0.29) is 6.61 Å². The Bertz CT molecular complexity index is 875. The topological polar surface area (TPSA) is 67.1 Å². The largest absolute Gasteiger partial charge is 0.394 e. The highest BCUT2D eigenvalue weighted by Crippen LogP contribution is 2.25. The van der Waals surface area contributed by atoms with Crippen molar-refractivity contribution in [3.8, 4) is 11.4 Å². The molecule has 0 unspecified atom stereocenters. The molecule has 1 aliphatic rings. The van der Waals surface area contributed by atoms with E-state index in [1.54, 1.807) is 4.68 Å². The van der Waals surface area contributed by atoms with Gasteiger partial charge in [0.15, 0.2) is 5.82 Å². The first kappa shape index (κ1) is 15.9. The minimum atomic E-state index is 0.105. The van der Waals surface area contributed by atoms with Gasteiger partial charge >= 0.3 is 0 Å². The third-order valence-electron chi connectivity index (χ3n) is 4.52. The van der Waals surface area contributed by atoms with Crippen LogP contribution in [-0.2, 0) is 26.2 Å². The van der Waals surface area contributed by atoms with Crippen LogP contribution in [0.1, 0.15) is 22.5 Å². The van der Waals surface area contributed by atoms with Crippen molar-refractivity contribution < 1.29 is 5.11 Å². The van der Waals surface area contributed by atoms with Crippen LogP contribution < -0.4 is 0 Å². The van der Waals surface area contributed by atoms with Gasteiger partial charge in [-0.1, -0.05) is 30.3 Å². The van der Waals surface area contributed by atoms with Crippen molar-refractivity contribution in [2.75, 3.05) is 6.61 Å². The smallest absolute Gasteiger partial charge is 0.159 e. The fourth-order valence-electron chi connectivity index (χ4n) is 3.23. The monoisotopic (exact) mass is 335 g/mol. The summed E-state index contributed by atoms with van der Waals surface area (Å²) in [4.78, 5) is 11.6. The van der Waals surface area contributed by atoms with E-state index in [9.17, 15) is 0 Å². The summed E-state index contributed by atoms with van der Waals surface area (Å²) in [5, 5.41) is 13.5. The van der Waals surface area contributed by atoms with E-state index < -0.39 is 0 Å². The predicted molar refractivity (Wildman–Crippen MR) is 94.5 cm³/mol. The molecule has 0 radical (unpaired) electrons. The Hall–Kier alpha value is -2.57. The molecule has 4 rings (SSSR count). The Balaban J connectivity index is 1.50. The van der Waals surface area contributed by atoms with Gasteiger partial charge in [0.2, 0.25) is 0 Å². The van der Waals surface area contributed by atoms with Crippen LogP contribution in [0, 0.1) is 6.92 Å². The Morgan fingerprint density at radius 1 is 1.16 bits per heavy atom. The number of aromatic nitrogens is 4. The van der Waals surface area contributed by atoms with Gasteiger partial charge in [0.05, 0.1) is 24.5 Å². The maximum atomic E-state index is 9.06. The molecule has 0 saturated heterocycles. The molecule has 0 fully saturated rings. The maximum absolute atomic E-state index is 9.06. The number of aliphatic hydroxyl groups excluding tert-OH is 1. The Labute approximate surface area is 146 Å². The summed E-state index contributed by atoms with van der Waals surface area (Å²) in [5.74, 6) is 0.785. The first-order valence-electron chi connectivity index (χ1n) is 8.49. The normalized spacial score (nSPS) is 14.0. The molecule has 3 heterocycles. The third kappa shape index (κ3) is 3.31. The molecule has 1 N–H and O–H groups in total. The van der Waals surface area contributed by atoms with E-state index in [1.807, 2.05) is 49.6 Å². The highest BCUT2D eigenvalue weighted by molar-refractivity contribution is 5.54. The lowest BCUT2D eigenvalue weighted by molar-refractivity contribution is 0.267. The molecule has 6 nitrogen and oxygen atoms in total. The van der Waals surface area contributed by atoms with E-state index >= 15 is 0 Å². The van der Waals surface area contributed by atoms with Gasteiger partial charge in [0, 0.05) is 48.7 Å². The molecular formula is C19H21N5O. The number of hydrogen-bond donors (Lipinski definition) is 1. The average molecular weight is 335 g/mol. The van der Waals surface area contributed by atoms with Crippen LogP contribution in [0.15, 0.2) is 42.7 Å². The summed E-state index contributed by atoms with van der Waals surface area (Å²) < 4.78 is 1.81. The minimum absolute atomic E-state index is 0.105. The molecule has 1 aromatic carbocycles. The van der Waals surface area contributed by atoms with Crippen molar-refractivity contribution in [1.29, 1.82) is 0 Å². The molecule has 0 atom stereocenters. The fourth-order valence-corrected chi connectivity index (χ4v) is 3.23. The molecule has 1 aliphatic heterocycles. The van der Waals surface area contributed by atoms with Crippen LogP contribution in [0.2, 0.25) is 0 Å². The highest BCUT2D eigenvalue weighted by atomic mass is 16.3. The van der Waals surface area contributed by atoms with E-state index in [2.05, 4.69) is 15.0 Å². The zero-order valence-corrected chi connectivity index (χ0v) is 14.3. The lowest BCUT2D eigenvalue weighted by Gasteiger charge is -2.13. The maximum Gasteiger partial charge on any atom is 0.159 e. The highest BCUT2D eigenvalue weighted by Gasteiger charge is 2.22. The predicted octanol–water partition coefficient (Wildman–Crippen LogP) is 2.16. The second kappa shape index (κ2) is 6.74. The number of hydrogen-bond acceptors (Lipinski definition) is 5. The summed E-state index contributed by atoms with van der Waals surface area (Å²) in [5.41, 5.74) is 5.55. The SMILES string of the molecule is Cc1nn(CCO)cc1CN1Cc2cnc(-c3ccccc3)nc2C1. The van der Waals surface area contributed by atoms with E-state index in [0.29, 0.717) is 6.54 Å². The standard InChI is InChI=1S/C19H21N5O/c1-14-17(12-24(22-14)7-8-25)11-23-10-16-9-20-19(21-18(16)13-23)15-5-3-2-4-6-15/h2-6,9,12,25H,7-8,10-11,13H2,1H3. The third-order valence-corrected chi connectivity index (χ3v) is 4.52. The number of nitrogens with zero attached hydrogens (tertiary/aromatic N) is 5. The minimum Gasteiger partial charge on any atom is -0.394 e. The Morgan fingerprint density at radius 2 is 2.00 bits per heavy atom. The van der Waals surface area contributed by atoms with Crippen molar-refractivity contribution in [2.24, 2.45) is 0 Å². The van der Waals surface area contributed by atoms with Gasteiger partial charge in [0.25, 0.3) is 0 Å². The van der Waals surface area contributed by atoms with Gasteiger partial charge in [-0.3, -0.25) is 9.58 Å². The molecule has 0 aliphatic carbocycles. The zero-order valence-electron chi connectivity index (χ0n) is 14.3. The molecule has 2 aromatic heterocycles. The van der Waals surface area contributed by atoms with Crippen LogP contribution >= 0.6 is 0 Å². The molecule has 128 valence electrons. The average Bonchev–Trinajstić information content (AvgIpc) is 3.18. The lowest BCUT2D eigenvalue weighted by atomic mass is 10.2. The fraction of sp³-hybridized carbons (Fsp3) is 0.316. The molecule has 25 heavy (non-hydrogen) atoms. The molecule has 6 heteroatoms. The summed E-state index contributed by atoms with van der Waals surface area (Å²) >= 11 is 0. The molecular weight excluding hydrogens is 314 g/mol. The molecule has 0 spiro atoms. The Kier molecular flexibility index (Phi) is 4.29. The molecule has 3 aromatic rings. The van der Waals surface area contributed by atoms with Crippen molar-refractivity contribution in [1.82, 2.24) is 24.6 Å². The van der Waals surface area contributed by atoms with Gasteiger partial charge in [-0.05, 0) is 6.92 Å². The summed E-state index contributed by atoms with van der Waals surface area (Å²) in [6, 6.07) is 10.1. The van der Waals surface area contributed by atoms with Crippen molar-refractivity contribution in [2.45, 2.75) is 33.1 Å². The summed E-state index contributed by atoms with van der Waals surface area (Å²) in [6.07, 6.45) is 3.97. The van der Waals surface area contributed by atoms with Crippen molar-refractivity contribution in [3.05, 3.63) is 65.2 Å². The number of aryl methyl sites for hydroxylation is 1. The molecule has 0 bridgehead atoms. The second-order valence-electron chi connectivity index (χ2n) is 6.40. The number of aliphatic hydroxyl groups is 1. The van der Waals surface area contributed by atoms with Crippen LogP contribution in [0.4, 0.5) is 0 Å². The molecule has 0 amide bonds. The second-order valence-corrected chi connectivity index (χ2v) is 6.40. The first-order valence-corrected chi connectivity index (χ1v) is 8.49. The zero-order chi connectivity index (χ0) is 17.2. The lowest BCUT2D eigenvalue weighted by Crippen LogP contribution is -2.16. The molecule has 0 saturated carbocycles. The van der Waals surface area contributed by atoms with E-state index in [0.717, 1.165) is 42.4 Å². The van der Waals surface area contributed by atoms with Gasteiger partial charge in [-0.15, -0.1) is 0 Å². The summed E-state index contributed by atoms with van der Waals surface area (Å²) in [7, 11) is 0. The van der Waals surface area contributed by atoms with Gasteiger partial charge in [0.1, 0.15) is 0 Å². The summed E-state index contributed by atoms with van der Waals surface area (Å²) in [6.45, 7) is 5.16. The van der Waals surface area contributed by atoms with Crippen LogP contribution in [0.3, 0.4) is 0 Å². The van der Waals surface area contributed by atoms with Gasteiger partial charge in [-0.25, -0.2) is 9.97 Å². The van der Waals surface area contributed by atoms with Crippen LogP contribution in [0.5, 0.6) is 0 Å². The Morgan fingerprint density at radius 3 is 2.80 bits per heavy atom. The first-order chi connectivity index (χ1) is 12.2.